The molecule has 104 valence electrons. The van der Waals surface area contributed by atoms with Gasteiger partial charge in [-0.05, 0) is 31.5 Å². The summed E-state index contributed by atoms with van der Waals surface area (Å²) in [6, 6.07) is 11.7. The number of carboxylic acid groups (broad SMARTS) is 1. The van der Waals surface area contributed by atoms with Crippen molar-refractivity contribution in [3.63, 3.8) is 0 Å². The van der Waals surface area contributed by atoms with Gasteiger partial charge >= 0.3 is 5.97 Å². The molecule has 1 amide bonds. The molecule has 1 atom stereocenters. The number of amides is 1. The average Bonchev–Trinajstić information content (AvgIpc) is 2.86. The third-order valence-electron chi connectivity index (χ3n) is 3.11. The van der Waals surface area contributed by atoms with Crippen LogP contribution in [0.3, 0.4) is 0 Å². The molecule has 2 rings (SSSR count). The highest BCUT2D eigenvalue weighted by Gasteiger charge is 2.37. The Labute approximate surface area is 116 Å². The number of hydrogen-bond acceptors (Lipinski definition) is 3. The summed E-state index contributed by atoms with van der Waals surface area (Å²) >= 11 is 0. The van der Waals surface area contributed by atoms with Crippen LogP contribution in [0.2, 0.25) is 0 Å². The van der Waals surface area contributed by atoms with Crippen LogP contribution < -0.4 is 5.32 Å². The highest BCUT2D eigenvalue weighted by atomic mass is 16.4. The zero-order chi connectivity index (χ0) is 14.8. The lowest BCUT2D eigenvalue weighted by Crippen LogP contribution is -2.49. The van der Waals surface area contributed by atoms with Crippen LogP contribution in [0.4, 0.5) is 0 Å². The summed E-state index contributed by atoms with van der Waals surface area (Å²) in [7, 11) is 0. The second-order valence-electron chi connectivity index (χ2n) is 4.66. The van der Waals surface area contributed by atoms with E-state index in [1.807, 2.05) is 0 Å². The maximum atomic E-state index is 12.1. The number of benzene rings is 1. The molecular formula is C15H15NO4. The molecule has 20 heavy (non-hydrogen) atoms. The summed E-state index contributed by atoms with van der Waals surface area (Å²) < 4.78 is 5.20. The molecule has 0 saturated carbocycles. The first kappa shape index (κ1) is 13.9. The molecule has 0 aliphatic carbocycles. The fraction of sp³-hybridized carbons (Fsp3) is 0.200. The number of hydrogen-bond donors (Lipinski definition) is 2. The topological polar surface area (TPSA) is 79.5 Å². The van der Waals surface area contributed by atoms with Gasteiger partial charge in [-0.25, -0.2) is 4.79 Å². The molecule has 5 nitrogen and oxygen atoms in total. The van der Waals surface area contributed by atoms with Gasteiger partial charge in [0.2, 0.25) is 0 Å². The predicted octanol–water partition coefficient (Wildman–Crippen LogP) is 2.32. The van der Waals surface area contributed by atoms with Gasteiger partial charge in [-0.2, -0.15) is 0 Å². The fourth-order valence-corrected chi connectivity index (χ4v) is 1.87. The summed E-state index contributed by atoms with van der Waals surface area (Å²) in [6.45, 7) is 3.16. The summed E-state index contributed by atoms with van der Waals surface area (Å²) in [5.41, 5.74) is -1.02. The standard InChI is InChI=1S/C15H15NO4/c1-10-8-9-12(20-10)13(17)16-15(2,14(18)19)11-6-4-3-5-7-11/h3-9H,1-2H3,(H,16,17)(H,18,19). The first-order chi connectivity index (χ1) is 9.43. The van der Waals surface area contributed by atoms with Crippen molar-refractivity contribution in [3.05, 3.63) is 59.5 Å². The molecule has 0 aliphatic heterocycles. The molecule has 0 saturated heterocycles. The largest absolute Gasteiger partial charge is 0.479 e. The van der Waals surface area contributed by atoms with E-state index in [1.54, 1.807) is 43.3 Å². The first-order valence-corrected chi connectivity index (χ1v) is 6.11. The number of rotatable bonds is 4. The van der Waals surface area contributed by atoms with Gasteiger partial charge in [0.05, 0.1) is 0 Å². The van der Waals surface area contributed by atoms with E-state index in [9.17, 15) is 14.7 Å². The Morgan fingerprint density at radius 3 is 2.30 bits per heavy atom. The first-order valence-electron chi connectivity index (χ1n) is 6.11. The minimum atomic E-state index is -1.51. The van der Waals surface area contributed by atoms with Crippen LogP contribution in [-0.4, -0.2) is 17.0 Å². The van der Waals surface area contributed by atoms with E-state index in [0.29, 0.717) is 11.3 Å². The van der Waals surface area contributed by atoms with E-state index >= 15 is 0 Å². The molecule has 5 heteroatoms. The van der Waals surface area contributed by atoms with Crippen molar-refractivity contribution >= 4 is 11.9 Å². The van der Waals surface area contributed by atoms with Gasteiger partial charge in [-0.15, -0.1) is 0 Å². The molecule has 1 unspecified atom stereocenters. The Kier molecular flexibility index (Phi) is 3.61. The summed E-state index contributed by atoms with van der Waals surface area (Å²) in [6.07, 6.45) is 0. The second-order valence-corrected chi connectivity index (χ2v) is 4.66. The number of aliphatic carboxylic acids is 1. The van der Waals surface area contributed by atoms with E-state index in [-0.39, 0.29) is 5.76 Å². The summed E-state index contributed by atoms with van der Waals surface area (Å²) in [5.74, 6) is -1.02. The Hall–Kier alpha value is -2.56. The van der Waals surface area contributed by atoms with E-state index in [1.165, 1.54) is 13.0 Å². The Morgan fingerprint density at radius 1 is 1.15 bits per heavy atom. The molecule has 2 aromatic rings. The van der Waals surface area contributed by atoms with Crippen molar-refractivity contribution in [2.75, 3.05) is 0 Å². The third-order valence-corrected chi connectivity index (χ3v) is 3.11. The maximum Gasteiger partial charge on any atom is 0.333 e. The quantitative estimate of drug-likeness (QED) is 0.896. The van der Waals surface area contributed by atoms with Crippen molar-refractivity contribution in [3.8, 4) is 0 Å². The number of carbonyl (C=O) groups excluding carboxylic acids is 1. The van der Waals surface area contributed by atoms with E-state index in [2.05, 4.69) is 5.32 Å². The highest BCUT2D eigenvalue weighted by molar-refractivity contribution is 5.96. The minimum Gasteiger partial charge on any atom is -0.479 e. The summed E-state index contributed by atoms with van der Waals surface area (Å²) in [4.78, 5) is 23.6. The van der Waals surface area contributed by atoms with E-state index in [0.717, 1.165) is 0 Å². The number of carboxylic acids is 1. The van der Waals surface area contributed by atoms with E-state index in [4.69, 9.17) is 4.42 Å². The van der Waals surface area contributed by atoms with E-state index < -0.39 is 17.4 Å². The monoisotopic (exact) mass is 273 g/mol. The molecule has 0 spiro atoms. The van der Waals surface area contributed by atoms with Crippen LogP contribution in [-0.2, 0) is 10.3 Å². The van der Waals surface area contributed by atoms with Crippen LogP contribution >= 0.6 is 0 Å². The lowest BCUT2D eigenvalue weighted by atomic mass is 9.92. The van der Waals surface area contributed by atoms with Gasteiger partial charge < -0.3 is 14.8 Å². The lowest BCUT2D eigenvalue weighted by Gasteiger charge is -2.26. The second kappa shape index (κ2) is 5.21. The minimum absolute atomic E-state index is 0.0888. The average molecular weight is 273 g/mol. The Bertz CT molecular complexity index is 632. The van der Waals surface area contributed by atoms with Crippen molar-refractivity contribution in [1.82, 2.24) is 5.32 Å². The van der Waals surface area contributed by atoms with Gasteiger partial charge in [-0.3, -0.25) is 4.79 Å². The molecule has 1 aromatic carbocycles. The molecule has 0 bridgehead atoms. The number of furan rings is 1. The number of aryl methyl sites for hydroxylation is 1. The normalized spacial score (nSPS) is 13.5. The molecule has 1 heterocycles. The van der Waals surface area contributed by atoms with Crippen molar-refractivity contribution in [2.45, 2.75) is 19.4 Å². The maximum absolute atomic E-state index is 12.1. The fourth-order valence-electron chi connectivity index (χ4n) is 1.87. The van der Waals surface area contributed by atoms with Crippen LogP contribution in [0.15, 0.2) is 46.9 Å². The molecule has 2 N–H and O–H groups in total. The number of carbonyl (C=O) groups is 2. The lowest BCUT2D eigenvalue weighted by molar-refractivity contribution is -0.144. The van der Waals surface area contributed by atoms with Crippen LogP contribution in [0.1, 0.15) is 28.8 Å². The molecular weight excluding hydrogens is 258 g/mol. The van der Waals surface area contributed by atoms with Gasteiger partial charge in [0.15, 0.2) is 11.3 Å². The van der Waals surface area contributed by atoms with Crippen LogP contribution in [0.25, 0.3) is 0 Å². The third kappa shape index (κ3) is 2.56. The molecule has 0 fully saturated rings. The Morgan fingerprint density at radius 2 is 1.80 bits per heavy atom. The Balaban J connectivity index is 2.31. The zero-order valence-corrected chi connectivity index (χ0v) is 11.2. The van der Waals surface area contributed by atoms with Gasteiger partial charge in [-0.1, -0.05) is 30.3 Å². The highest BCUT2D eigenvalue weighted by Crippen LogP contribution is 2.22. The van der Waals surface area contributed by atoms with Crippen molar-refractivity contribution < 1.29 is 19.1 Å². The molecule has 0 aliphatic rings. The number of nitrogens with one attached hydrogen (secondary N) is 1. The zero-order valence-electron chi connectivity index (χ0n) is 11.2. The van der Waals surface area contributed by atoms with Gasteiger partial charge in [0, 0.05) is 0 Å². The van der Waals surface area contributed by atoms with Gasteiger partial charge in [0.1, 0.15) is 5.76 Å². The van der Waals surface area contributed by atoms with Crippen LogP contribution in [0, 0.1) is 6.92 Å². The van der Waals surface area contributed by atoms with Crippen molar-refractivity contribution in [1.29, 1.82) is 0 Å². The van der Waals surface area contributed by atoms with Gasteiger partial charge in [0.25, 0.3) is 5.91 Å². The van der Waals surface area contributed by atoms with Crippen LogP contribution in [0.5, 0.6) is 0 Å². The smallest absolute Gasteiger partial charge is 0.333 e. The van der Waals surface area contributed by atoms with Crippen molar-refractivity contribution in [2.24, 2.45) is 0 Å². The molecule has 1 aromatic heterocycles. The molecule has 0 radical (unpaired) electrons. The SMILES string of the molecule is Cc1ccc(C(=O)NC(C)(C(=O)O)c2ccccc2)o1. The summed E-state index contributed by atoms with van der Waals surface area (Å²) in [5, 5.41) is 11.9. The predicted molar refractivity (Wildman–Crippen MR) is 72.3 cm³/mol.